The van der Waals surface area contributed by atoms with Gasteiger partial charge in [0.25, 0.3) is 0 Å². The third-order valence-corrected chi connectivity index (χ3v) is 2.48. The Morgan fingerprint density at radius 2 is 2.06 bits per heavy atom. The minimum Gasteiger partial charge on any atom is -0.494 e. The van der Waals surface area contributed by atoms with E-state index >= 15 is 0 Å². The lowest BCUT2D eigenvalue weighted by Crippen LogP contribution is -2.35. The molecule has 102 valence electrons. The maximum absolute atomic E-state index is 9.80. The minimum absolute atomic E-state index is 0.591. The second-order valence-corrected chi connectivity index (χ2v) is 5.28. The molecular weight excluding hydrogens is 228 g/mol. The van der Waals surface area contributed by atoms with Crippen LogP contribution >= 0.6 is 0 Å². The Hall–Kier alpha value is -1.26. The molecule has 4 nitrogen and oxygen atoms in total. The summed E-state index contributed by atoms with van der Waals surface area (Å²) in [5.41, 5.74) is 6.87. The molecule has 3 N–H and O–H groups in total. The molecule has 0 aliphatic carbocycles. The van der Waals surface area contributed by atoms with Crippen LogP contribution in [0.5, 0.6) is 5.75 Å². The van der Waals surface area contributed by atoms with Crippen molar-refractivity contribution in [2.45, 2.75) is 32.9 Å². The summed E-state index contributed by atoms with van der Waals surface area (Å²) in [6.07, 6.45) is 0. The van der Waals surface area contributed by atoms with E-state index in [1.165, 1.54) is 0 Å². The molecule has 0 saturated carbocycles. The fourth-order valence-corrected chi connectivity index (χ4v) is 2.03. The van der Waals surface area contributed by atoms with Gasteiger partial charge >= 0.3 is 0 Å². The van der Waals surface area contributed by atoms with Crippen molar-refractivity contribution in [3.05, 3.63) is 23.8 Å². The Balaban J connectivity index is 2.78. The van der Waals surface area contributed by atoms with Crippen LogP contribution in [0.3, 0.4) is 0 Å². The second kappa shape index (κ2) is 6.07. The highest BCUT2D eigenvalue weighted by molar-refractivity contribution is 5.47. The van der Waals surface area contributed by atoms with Crippen LogP contribution in [-0.4, -0.2) is 35.8 Å². The molecule has 0 bridgehead atoms. The first-order chi connectivity index (χ1) is 8.31. The molecule has 1 rings (SSSR count). The van der Waals surface area contributed by atoms with Gasteiger partial charge in [-0.1, -0.05) is 0 Å². The number of hydrogen-bond donors (Lipinski definition) is 2. The number of nitrogen functional groups attached to an aromatic ring is 1. The van der Waals surface area contributed by atoms with Crippen LogP contribution in [-0.2, 0) is 6.54 Å². The second-order valence-electron chi connectivity index (χ2n) is 5.28. The summed E-state index contributed by atoms with van der Waals surface area (Å²) in [7, 11) is 1.97. The topological polar surface area (TPSA) is 58.7 Å². The third-order valence-electron chi connectivity index (χ3n) is 2.48. The van der Waals surface area contributed by atoms with Gasteiger partial charge < -0.3 is 15.6 Å². The average Bonchev–Trinajstić information content (AvgIpc) is 2.19. The number of aliphatic hydroxyl groups is 1. The monoisotopic (exact) mass is 252 g/mol. The van der Waals surface area contributed by atoms with Crippen LogP contribution < -0.4 is 10.5 Å². The molecule has 0 aliphatic rings. The Morgan fingerprint density at radius 1 is 1.39 bits per heavy atom. The van der Waals surface area contributed by atoms with Crippen LogP contribution in [0.1, 0.15) is 26.3 Å². The van der Waals surface area contributed by atoms with Gasteiger partial charge in [-0.15, -0.1) is 0 Å². The number of benzene rings is 1. The molecule has 18 heavy (non-hydrogen) atoms. The molecule has 0 unspecified atom stereocenters. The lowest BCUT2D eigenvalue weighted by Gasteiger charge is -2.26. The van der Waals surface area contributed by atoms with Crippen LogP contribution in [0.25, 0.3) is 0 Å². The van der Waals surface area contributed by atoms with Gasteiger partial charge in [0.15, 0.2) is 0 Å². The largest absolute Gasteiger partial charge is 0.494 e. The summed E-state index contributed by atoms with van der Waals surface area (Å²) >= 11 is 0. The highest BCUT2D eigenvalue weighted by Gasteiger charge is 2.16. The Labute approximate surface area is 109 Å². The predicted octanol–water partition coefficient (Wildman–Crippen LogP) is 1.87. The quantitative estimate of drug-likeness (QED) is 0.759. The highest BCUT2D eigenvalue weighted by Crippen LogP contribution is 2.23. The summed E-state index contributed by atoms with van der Waals surface area (Å²) in [6.45, 7) is 7.48. The minimum atomic E-state index is -0.707. The van der Waals surface area contributed by atoms with E-state index in [1.807, 2.05) is 32.2 Å². The molecule has 0 radical (unpaired) electrons. The van der Waals surface area contributed by atoms with Crippen molar-refractivity contribution in [1.29, 1.82) is 0 Å². The number of hydrogen-bond acceptors (Lipinski definition) is 4. The average molecular weight is 252 g/mol. The zero-order valence-corrected chi connectivity index (χ0v) is 11.7. The van der Waals surface area contributed by atoms with Gasteiger partial charge in [-0.05, 0) is 46.0 Å². The fraction of sp³-hybridized carbons (Fsp3) is 0.571. The van der Waals surface area contributed by atoms with Crippen molar-refractivity contribution in [1.82, 2.24) is 4.90 Å². The lowest BCUT2D eigenvalue weighted by atomic mass is 10.1. The molecule has 0 atom stereocenters. The standard InChI is InChI=1S/C14H24N2O2/c1-5-18-13-7-6-12(15)8-11(13)9-16(4)10-14(2,3)17/h6-8,17H,5,9-10,15H2,1-4H3. The van der Waals surface area contributed by atoms with E-state index in [9.17, 15) is 5.11 Å². The molecule has 0 aliphatic heterocycles. The molecule has 4 heteroatoms. The Bertz CT molecular complexity index is 386. The molecular formula is C14H24N2O2. The molecule has 0 heterocycles. The van der Waals surface area contributed by atoms with Gasteiger partial charge in [0.05, 0.1) is 12.2 Å². The van der Waals surface area contributed by atoms with Crippen molar-refractivity contribution in [2.24, 2.45) is 0 Å². The lowest BCUT2D eigenvalue weighted by molar-refractivity contribution is 0.0422. The van der Waals surface area contributed by atoms with Crippen LogP contribution in [0.4, 0.5) is 5.69 Å². The first-order valence-electron chi connectivity index (χ1n) is 6.24. The Kier molecular flexibility index (Phi) is 4.99. The van der Waals surface area contributed by atoms with Gasteiger partial charge in [-0.25, -0.2) is 0 Å². The first-order valence-corrected chi connectivity index (χ1v) is 6.24. The number of likely N-dealkylation sites (N-methyl/N-ethyl adjacent to an activating group) is 1. The van der Waals surface area contributed by atoms with Gasteiger partial charge in [0.1, 0.15) is 5.75 Å². The van der Waals surface area contributed by atoms with E-state index in [0.29, 0.717) is 19.7 Å². The Morgan fingerprint density at radius 3 is 2.61 bits per heavy atom. The summed E-state index contributed by atoms with van der Waals surface area (Å²) in [4.78, 5) is 2.05. The van der Waals surface area contributed by atoms with E-state index in [4.69, 9.17) is 10.5 Å². The van der Waals surface area contributed by atoms with Gasteiger partial charge in [0.2, 0.25) is 0 Å². The molecule has 0 aromatic heterocycles. The van der Waals surface area contributed by atoms with Crippen molar-refractivity contribution in [2.75, 3.05) is 25.9 Å². The summed E-state index contributed by atoms with van der Waals surface area (Å²) in [5.74, 6) is 0.856. The number of nitrogens with two attached hydrogens (primary N) is 1. The van der Waals surface area contributed by atoms with Crippen molar-refractivity contribution < 1.29 is 9.84 Å². The first kappa shape index (κ1) is 14.8. The number of nitrogens with zero attached hydrogens (tertiary/aromatic N) is 1. The molecule has 0 saturated heterocycles. The normalized spacial score (nSPS) is 11.9. The number of rotatable bonds is 6. The summed E-state index contributed by atoms with van der Waals surface area (Å²) in [6, 6.07) is 5.66. The van der Waals surface area contributed by atoms with Crippen LogP contribution in [0.2, 0.25) is 0 Å². The SMILES string of the molecule is CCOc1ccc(N)cc1CN(C)CC(C)(C)O. The van der Waals surface area contributed by atoms with E-state index in [0.717, 1.165) is 17.0 Å². The molecule has 0 amide bonds. The zero-order valence-electron chi connectivity index (χ0n) is 11.7. The van der Waals surface area contributed by atoms with Gasteiger partial charge in [0, 0.05) is 24.3 Å². The molecule has 1 aromatic carbocycles. The number of ether oxygens (including phenoxy) is 1. The van der Waals surface area contributed by atoms with E-state index in [1.54, 1.807) is 13.8 Å². The predicted molar refractivity (Wildman–Crippen MR) is 74.7 cm³/mol. The zero-order chi connectivity index (χ0) is 13.8. The van der Waals surface area contributed by atoms with Crippen molar-refractivity contribution in [3.63, 3.8) is 0 Å². The van der Waals surface area contributed by atoms with Crippen molar-refractivity contribution in [3.8, 4) is 5.75 Å². The van der Waals surface area contributed by atoms with Gasteiger partial charge in [-0.2, -0.15) is 0 Å². The van der Waals surface area contributed by atoms with Crippen LogP contribution in [0.15, 0.2) is 18.2 Å². The van der Waals surface area contributed by atoms with E-state index < -0.39 is 5.60 Å². The molecule has 1 aromatic rings. The summed E-state index contributed by atoms with van der Waals surface area (Å²) in [5, 5.41) is 9.80. The molecule has 0 fully saturated rings. The van der Waals surface area contributed by atoms with Gasteiger partial charge in [-0.3, -0.25) is 4.90 Å². The van der Waals surface area contributed by atoms with Crippen LogP contribution in [0, 0.1) is 0 Å². The third kappa shape index (κ3) is 4.94. The van der Waals surface area contributed by atoms with Crippen molar-refractivity contribution >= 4 is 5.69 Å². The molecule has 0 spiro atoms. The number of anilines is 1. The maximum Gasteiger partial charge on any atom is 0.123 e. The highest BCUT2D eigenvalue weighted by atomic mass is 16.5. The fourth-order valence-electron chi connectivity index (χ4n) is 2.03. The summed E-state index contributed by atoms with van der Waals surface area (Å²) < 4.78 is 5.58. The van der Waals surface area contributed by atoms with E-state index in [-0.39, 0.29) is 0 Å². The maximum atomic E-state index is 9.80. The van der Waals surface area contributed by atoms with E-state index in [2.05, 4.69) is 4.90 Å². The smallest absolute Gasteiger partial charge is 0.123 e.